The van der Waals surface area contributed by atoms with Gasteiger partial charge >= 0.3 is 0 Å². The third-order valence-electron chi connectivity index (χ3n) is 4.34. The topological polar surface area (TPSA) is 84.2 Å². The maximum absolute atomic E-state index is 13.8. The number of nitrogens with one attached hydrogen (secondary N) is 2. The lowest BCUT2D eigenvalue weighted by molar-refractivity contribution is -0.122. The first kappa shape index (κ1) is 22.1. The zero-order chi connectivity index (χ0) is 22.2. The van der Waals surface area contributed by atoms with Crippen molar-refractivity contribution >= 4 is 11.8 Å². The number of hydrogen-bond donors (Lipinski definition) is 2. The smallest absolute Gasteiger partial charge is 0.224 e. The Labute approximate surface area is 176 Å². The quantitative estimate of drug-likeness (QED) is 0.510. The Balaban J connectivity index is 1.36. The zero-order valence-corrected chi connectivity index (χ0v) is 16.5. The van der Waals surface area contributed by atoms with Crippen LogP contribution in [0.5, 0.6) is 0 Å². The first-order valence-corrected chi connectivity index (χ1v) is 9.58. The standard InChI is InChI=1S/C22H20F3N3O3/c23-15-3-1-2-14(10-15)11-21(30)27-9-8-26-20(29)6-7-22-28-13-19(31-22)17-5-4-16(24)12-18(17)25/h1-5,10,12-13H,6-9,11H2,(H,26,29)(H,27,30). The molecular weight excluding hydrogens is 411 g/mol. The molecule has 0 aliphatic rings. The molecule has 0 unspecified atom stereocenters. The lowest BCUT2D eigenvalue weighted by Crippen LogP contribution is -2.35. The van der Waals surface area contributed by atoms with Crippen LogP contribution in [-0.2, 0) is 22.4 Å². The number of aryl methyl sites for hydroxylation is 1. The second-order valence-corrected chi connectivity index (χ2v) is 6.75. The van der Waals surface area contributed by atoms with E-state index in [4.69, 9.17) is 4.42 Å². The molecule has 2 N–H and O–H groups in total. The van der Waals surface area contributed by atoms with Crippen molar-refractivity contribution in [2.24, 2.45) is 0 Å². The van der Waals surface area contributed by atoms with Gasteiger partial charge in [0.15, 0.2) is 11.7 Å². The molecule has 9 heteroatoms. The number of rotatable bonds is 9. The van der Waals surface area contributed by atoms with Gasteiger partial charge in [-0.2, -0.15) is 0 Å². The monoisotopic (exact) mass is 431 g/mol. The van der Waals surface area contributed by atoms with Crippen molar-refractivity contribution in [3.63, 3.8) is 0 Å². The number of nitrogens with zero attached hydrogens (tertiary/aromatic N) is 1. The summed E-state index contributed by atoms with van der Waals surface area (Å²) in [6, 6.07) is 8.90. The summed E-state index contributed by atoms with van der Waals surface area (Å²) in [6.45, 7) is 0.457. The molecule has 0 fully saturated rings. The lowest BCUT2D eigenvalue weighted by Gasteiger charge is -2.07. The second kappa shape index (κ2) is 10.4. The Hall–Kier alpha value is -3.62. The van der Waals surface area contributed by atoms with Gasteiger partial charge in [0.05, 0.1) is 18.2 Å². The molecule has 0 atom stereocenters. The van der Waals surface area contributed by atoms with Crippen LogP contribution >= 0.6 is 0 Å². The van der Waals surface area contributed by atoms with Crippen LogP contribution in [0.3, 0.4) is 0 Å². The molecule has 2 aromatic carbocycles. The summed E-state index contributed by atoms with van der Waals surface area (Å²) in [4.78, 5) is 27.8. The van der Waals surface area contributed by atoms with Crippen molar-refractivity contribution in [3.05, 3.63) is 77.6 Å². The zero-order valence-electron chi connectivity index (χ0n) is 16.5. The minimum absolute atomic E-state index is 0.0485. The maximum atomic E-state index is 13.8. The summed E-state index contributed by atoms with van der Waals surface area (Å²) in [5, 5.41) is 5.29. The summed E-state index contributed by atoms with van der Waals surface area (Å²) in [7, 11) is 0. The molecule has 0 saturated heterocycles. The highest BCUT2D eigenvalue weighted by Crippen LogP contribution is 2.24. The lowest BCUT2D eigenvalue weighted by atomic mass is 10.1. The Morgan fingerprint density at radius 3 is 2.42 bits per heavy atom. The minimum atomic E-state index is -0.764. The van der Waals surface area contributed by atoms with Crippen LogP contribution in [0.1, 0.15) is 17.9 Å². The Kier molecular flexibility index (Phi) is 7.42. The molecule has 0 aliphatic heterocycles. The predicted molar refractivity (Wildman–Crippen MR) is 106 cm³/mol. The van der Waals surface area contributed by atoms with E-state index in [0.29, 0.717) is 5.56 Å². The van der Waals surface area contributed by atoms with E-state index < -0.39 is 17.5 Å². The van der Waals surface area contributed by atoms with Gasteiger partial charge < -0.3 is 15.1 Å². The third-order valence-corrected chi connectivity index (χ3v) is 4.34. The fraction of sp³-hybridized carbons (Fsp3) is 0.227. The molecule has 1 heterocycles. The van der Waals surface area contributed by atoms with Crippen LogP contribution in [0.15, 0.2) is 53.1 Å². The van der Waals surface area contributed by atoms with Crippen LogP contribution in [0.4, 0.5) is 13.2 Å². The first-order valence-electron chi connectivity index (χ1n) is 9.58. The van der Waals surface area contributed by atoms with Gasteiger partial charge in [0.1, 0.15) is 17.5 Å². The molecule has 6 nitrogen and oxygen atoms in total. The summed E-state index contributed by atoms with van der Waals surface area (Å²) in [5.41, 5.74) is 0.644. The van der Waals surface area contributed by atoms with E-state index in [2.05, 4.69) is 15.6 Å². The van der Waals surface area contributed by atoms with E-state index in [0.717, 1.165) is 12.1 Å². The van der Waals surface area contributed by atoms with Crippen molar-refractivity contribution in [2.75, 3.05) is 13.1 Å². The summed E-state index contributed by atoms with van der Waals surface area (Å²) < 4.78 is 45.3. The summed E-state index contributed by atoms with van der Waals surface area (Å²) >= 11 is 0. The fourth-order valence-corrected chi connectivity index (χ4v) is 2.85. The van der Waals surface area contributed by atoms with Gasteiger partial charge in [0.25, 0.3) is 0 Å². The van der Waals surface area contributed by atoms with Gasteiger partial charge in [-0.1, -0.05) is 12.1 Å². The molecule has 1 aromatic heterocycles. The molecule has 3 aromatic rings. The number of halogens is 3. The number of aromatic nitrogens is 1. The Morgan fingerprint density at radius 2 is 1.68 bits per heavy atom. The second-order valence-electron chi connectivity index (χ2n) is 6.75. The molecular formula is C22H20F3N3O3. The SMILES string of the molecule is O=C(CCc1ncc(-c2ccc(F)cc2F)o1)NCCNC(=O)Cc1cccc(F)c1. The van der Waals surface area contributed by atoms with Crippen molar-refractivity contribution in [3.8, 4) is 11.3 Å². The molecule has 2 amide bonds. The van der Waals surface area contributed by atoms with E-state index in [1.54, 1.807) is 6.07 Å². The molecule has 162 valence electrons. The van der Waals surface area contributed by atoms with Gasteiger partial charge in [-0.05, 0) is 29.8 Å². The molecule has 3 rings (SSSR count). The van der Waals surface area contributed by atoms with E-state index >= 15 is 0 Å². The van der Waals surface area contributed by atoms with Gasteiger partial charge in [0, 0.05) is 32.0 Å². The normalized spacial score (nSPS) is 10.7. The Bertz CT molecular complexity index is 1070. The predicted octanol–water partition coefficient (Wildman–Crippen LogP) is 3.17. The number of carbonyl (C=O) groups excluding carboxylic acids is 2. The molecule has 0 spiro atoms. The molecule has 0 bridgehead atoms. The van der Waals surface area contributed by atoms with Crippen molar-refractivity contribution in [1.82, 2.24) is 15.6 Å². The van der Waals surface area contributed by atoms with Gasteiger partial charge in [0.2, 0.25) is 11.8 Å². The number of oxazole rings is 1. The number of benzene rings is 2. The van der Waals surface area contributed by atoms with Crippen molar-refractivity contribution in [1.29, 1.82) is 0 Å². The van der Waals surface area contributed by atoms with Gasteiger partial charge in [-0.3, -0.25) is 9.59 Å². The van der Waals surface area contributed by atoms with Crippen LogP contribution < -0.4 is 10.6 Å². The minimum Gasteiger partial charge on any atom is -0.441 e. The largest absolute Gasteiger partial charge is 0.441 e. The van der Waals surface area contributed by atoms with Crippen LogP contribution in [-0.4, -0.2) is 29.9 Å². The average Bonchev–Trinajstić information content (AvgIpc) is 3.18. The number of carbonyl (C=O) groups is 2. The van der Waals surface area contributed by atoms with Crippen LogP contribution in [0.25, 0.3) is 11.3 Å². The van der Waals surface area contributed by atoms with E-state index in [-0.39, 0.29) is 61.4 Å². The van der Waals surface area contributed by atoms with Crippen molar-refractivity contribution < 1.29 is 27.2 Å². The van der Waals surface area contributed by atoms with Crippen molar-refractivity contribution in [2.45, 2.75) is 19.3 Å². The highest BCUT2D eigenvalue weighted by atomic mass is 19.1. The van der Waals surface area contributed by atoms with Gasteiger partial charge in [-0.25, -0.2) is 18.2 Å². The third kappa shape index (κ3) is 6.70. The van der Waals surface area contributed by atoms with E-state index in [1.165, 1.54) is 30.5 Å². The fourth-order valence-electron chi connectivity index (χ4n) is 2.85. The summed E-state index contributed by atoms with van der Waals surface area (Å²) in [6.07, 6.45) is 1.65. The van der Waals surface area contributed by atoms with E-state index in [9.17, 15) is 22.8 Å². The highest BCUT2D eigenvalue weighted by molar-refractivity contribution is 5.79. The van der Waals surface area contributed by atoms with Crippen LogP contribution in [0, 0.1) is 17.5 Å². The molecule has 0 aliphatic carbocycles. The maximum Gasteiger partial charge on any atom is 0.224 e. The van der Waals surface area contributed by atoms with Gasteiger partial charge in [-0.15, -0.1) is 0 Å². The van der Waals surface area contributed by atoms with E-state index in [1.807, 2.05) is 0 Å². The first-order chi connectivity index (χ1) is 14.9. The molecule has 0 radical (unpaired) electrons. The number of hydrogen-bond acceptors (Lipinski definition) is 4. The van der Waals surface area contributed by atoms with Crippen LogP contribution in [0.2, 0.25) is 0 Å². The average molecular weight is 431 g/mol. The molecule has 31 heavy (non-hydrogen) atoms. The summed E-state index contributed by atoms with van der Waals surface area (Å²) in [5.74, 6) is -2.01. The molecule has 0 saturated carbocycles. The Morgan fingerprint density at radius 1 is 0.935 bits per heavy atom. The highest BCUT2D eigenvalue weighted by Gasteiger charge is 2.13. The number of amides is 2.